The van der Waals surface area contributed by atoms with E-state index < -0.39 is 5.97 Å². The quantitative estimate of drug-likeness (QED) is 0.732. The van der Waals surface area contributed by atoms with Crippen LogP contribution < -0.4 is 5.32 Å². The Bertz CT molecular complexity index is 870. The number of rotatable bonds is 7. The van der Waals surface area contributed by atoms with Crippen molar-refractivity contribution in [1.29, 1.82) is 0 Å². The van der Waals surface area contributed by atoms with Gasteiger partial charge in [-0.25, -0.2) is 0 Å². The number of carboxylic acids is 1. The van der Waals surface area contributed by atoms with Crippen LogP contribution >= 0.6 is 0 Å². The van der Waals surface area contributed by atoms with Crippen molar-refractivity contribution in [3.05, 3.63) is 65.2 Å². The molecule has 7 nitrogen and oxygen atoms in total. The van der Waals surface area contributed by atoms with Gasteiger partial charge in [0.25, 0.3) is 11.8 Å². The SMILES string of the molecule is O=C(O)Cc1ccc(NC(=O)CCCN2C(=O)c3ccccc3C2=O)cc1. The topological polar surface area (TPSA) is 104 Å². The lowest BCUT2D eigenvalue weighted by molar-refractivity contribution is -0.136. The fourth-order valence-electron chi connectivity index (χ4n) is 2.94. The number of hydrogen-bond acceptors (Lipinski definition) is 4. The molecule has 0 saturated carbocycles. The lowest BCUT2D eigenvalue weighted by atomic mass is 10.1. The molecule has 0 spiro atoms. The van der Waals surface area contributed by atoms with Crippen LogP contribution in [-0.4, -0.2) is 40.2 Å². The van der Waals surface area contributed by atoms with Gasteiger partial charge in [-0.05, 0) is 36.2 Å². The molecule has 1 aliphatic heterocycles. The molecule has 3 rings (SSSR count). The molecule has 7 heteroatoms. The Morgan fingerprint density at radius 3 is 2.07 bits per heavy atom. The smallest absolute Gasteiger partial charge is 0.307 e. The average Bonchev–Trinajstić information content (AvgIpc) is 2.88. The number of fused-ring (bicyclic) bond motifs is 1. The van der Waals surface area contributed by atoms with Crippen molar-refractivity contribution in [3.8, 4) is 0 Å². The Hall–Kier alpha value is -3.48. The minimum absolute atomic E-state index is 0.0749. The van der Waals surface area contributed by atoms with Crippen LogP contribution in [-0.2, 0) is 16.0 Å². The molecule has 0 aromatic heterocycles. The van der Waals surface area contributed by atoms with Gasteiger partial charge < -0.3 is 10.4 Å². The number of aliphatic carboxylic acids is 1. The van der Waals surface area contributed by atoms with Gasteiger partial charge in [0.2, 0.25) is 5.91 Å². The molecule has 2 N–H and O–H groups in total. The van der Waals surface area contributed by atoms with E-state index in [1.54, 1.807) is 48.5 Å². The third-order valence-electron chi connectivity index (χ3n) is 4.26. The van der Waals surface area contributed by atoms with E-state index in [9.17, 15) is 19.2 Å². The number of carbonyl (C=O) groups is 4. The molecule has 1 aliphatic rings. The molecule has 1 heterocycles. The van der Waals surface area contributed by atoms with Gasteiger partial charge in [-0.1, -0.05) is 24.3 Å². The fraction of sp³-hybridized carbons (Fsp3) is 0.200. The van der Waals surface area contributed by atoms with Crippen LogP contribution in [0, 0.1) is 0 Å². The number of benzene rings is 2. The van der Waals surface area contributed by atoms with E-state index in [-0.39, 0.29) is 37.1 Å². The van der Waals surface area contributed by atoms with Crippen molar-refractivity contribution in [3.63, 3.8) is 0 Å². The lowest BCUT2D eigenvalue weighted by Gasteiger charge is -2.13. The van der Waals surface area contributed by atoms with Gasteiger partial charge in [0.1, 0.15) is 0 Å². The summed E-state index contributed by atoms with van der Waals surface area (Å²) in [6.07, 6.45) is 0.438. The Morgan fingerprint density at radius 2 is 1.52 bits per heavy atom. The number of anilines is 1. The van der Waals surface area contributed by atoms with Gasteiger partial charge in [-0.3, -0.25) is 24.1 Å². The Labute approximate surface area is 155 Å². The van der Waals surface area contributed by atoms with E-state index in [1.165, 1.54) is 4.90 Å². The van der Waals surface area contributed by atoms with Crippen molar-refractivity contribution >= 4 is 29.4 Å². The molecule has 0 aliphatic carbocycles. The van der Waals surface area contributed by atoms with Crippen molar-refractivity contribution in [1.82, 2.24) is 4.90 Å². The van der Waals surface area contributed by atoms with Crippen molar-refractivity contribution in [2.24, 2.45) is 0 Å². The van der Waals surface area contributed by atoms with Crippen LogP contribution in [0.15, 0.2) is 48.5 Å². The summed E-state index contributed by atoms with van der Waals surface area (Å²) in [5.41, 5.74) is 2.00. The van der Waals surface area contributed by atoms with E-state index in [1.807, 2.05) is 0 Å². The first-order valence-electron chi connectivity index (χ1n) is 8.51. The minimum atomic E-state index is -0.917. The van der Waals surface area contributed by atoms with Gasteiger partial charge in [0.05, 0.1) is 17.5 Å². The predicted molar refractivity (Wildman–Crippen MR) is 97.5 cm³/mol. The summed E-state index contributed by atoms with van der Waals surface area (Å²) in [7, 11) is 0. The van der Waals surface area contributed by atoms with Crippen molar-refractivity contribution in [2.45, 2.75) is 19.3 Å². The number of carboxylic acid groups (broad SMARTS) is 1. The molecular formula is C20H18N2O5. The average molecular weight is 366 g/mol. The van der Waals surface area contributed by atoms with E-state index in [0.717, 1.165) is 0 Å². The first kappa shape index (κ1) is 18.3. The normalized spacial score (nSPS) is 12.8. The van der Waals surface area contributed by atoms with E-state index >= 15 is 0 Å². The highest BCUT2D eigenvalue weighted by Crippen LogP contribution is 2.22. The zero-order valence-electron chi connectivity index (χ0n) is 14.5. The third kappa shape index (κ3) is 4.20. The second-order valence-corrected chi connectivity index (χ2v) is 6.23. The summed E-state index contributed by atoms with van der Waals surface area (Å²) < 4.78 is 0. The zero-order chi connectivity index (χ0) is 19.4. The van der Waals surface area contributed by atoms with Gasteiger partial charge in [-0.2, -0.15) is 0 Å². The first-order chi connectivity index (χ1) is 13.0. The monoisotopic (exact) mass is 366 g/mol. The Kier molecular flexibility index (Phi) is 5.30. The van der Waals surface area contributed by atoms with Crippen LogP contribution in [0.4, 0.5) is 5.69 Å². The van der Waals surface area contributed by atoms with Gasteiger partial charge in [0, 0.05) is 18.7 Å². The molecule has 138 valence electrons. The second kappa shape index (κ2) is 7.82. The summed E-state index contributed by atoms with van der Waals surface area (Å²) in [6.45, 7) is 0.178. The zero-order valence-corrected chi connectivity index (χ0v) is 14.5. The van der Waals surface area contributed by atoms with E-state index in [0.29, 0.717) is 28.8 Å². The largest absolute Gasteiger partial charge is 0.481 e. The van der Waals surface area contributed by atoms with Gasteiger partial charge in [-0.15, -0.1) is 0 Å². The highest BCUT2D eigenvalue weighted by molar-refractivity contribution is 6.21. The third-order valence-corrected chi connectivity index (χ3v) is 4.26. The molecule has 0 radical (unpaired) electrons. The van der Waals surface area contributed by atoms with Crippen molar-refractivity contribution in [2.75, 3.05) is 11.9 Å². The first-order valence-corrected chi connectivity index (χ1v) is 8.51. The highest BCUT2D eigenvalue weighted by Gasteiger charge is 2.34. The standard InChI is InChI=1S/C20H18N2O5/c23-17(21-14-9-7-13(8-10-14)12-18(24)25)6-3-11-22-19(26)15-4-1-2-5-16(15)20(22)27/h1-2,4-5,7-10H,3,6,11-12H2,(H,21,23)(H,24,25). The van der Waals surface area contributed by atoms with Crippen LogP contribution in [0.1, 0.15) is 39.1 Å². The van der Waals surface area contributed by atoms with Gasteiger partial charge in [0.15, 0.2) is 0 Å². The summed E-state index contributed by atoms with van der Waals surface area (Å²) in [5.74, 6) is -1.81. The minimum Gasteiger partial charge on any atom is -0.481 e. The summed E-state index contributed by atoms with van der Waals surface area (Å²) in [5, 5.41) is 11.5. The fourth-order valence-corrected chi connectivity index (χ4v) is 2.94. The molecule has 27 heavy (non-hydrogen) atoms. The molecule has 0 saturated heterocycles. The van der Waals surface area contributed by atoms with Crippen molar-refractivity contribution < 1.29 is 24.3 Å². The maximum atomic E-state index is 12.2. The summed E-state index contributed by atoms with van der Waals surface area (Å²) in [6, 6.07) is 13.2. The van der Waals surface area contributed by atoms with Crippen LogP contribution in [0.3, 0.4) is 0 Å². The summed E-state index contributed by atoms with van der Waals surface area (Å²) in [4.78, 5) is 48.3. The van der Waals surface area contributed by atoms with E-state index in [4.69, 9.17) is 5.11 Å². The number of amides is 3. The Morgan fingerprint density at radius 1 is 0.926 bits per heavy atom. The molecular weight excluding hydrogens is 348 g/mol. The van der Waals surface area contributed by atoms with E-state index in [2.05, 4.69) is 5.32 Å². The number of nitrogens with one attached hydrogen (secondary N) is 1. The molecule has 2 aromatic carbocycles. The molecule has 0 unspecified atom stereocenters. The highest BCUT2D eigenvalue weighted by atomic mass is 16.4. The molecule has 0 bridgehead atoms. The number of carbonyl (C=O) groups excluding carboxylic acids is 3. The summed E-state index contributed by atoms with van der Waals surface area (Å²) >= 11 is 0. The Balaban J connectivity index is 1.48. The van der Waals surface area contributed by atoms with Gasteiger partial charge >= 0.3 is 5.97 Å². The van der Waals surface area contributed by atoms with Crippen LogP contribution in [0.5, 0.6) is 0 Å². The maximum absolute atomic E-state index is 12.2. The number of imide groups is 1. The predicted octanol–water partition coefficient (Wildman–Crippen LogP) is 2.33. The lowest BCUT2D eigenvalue weighted by Crippen LogP contribution is -2.31. The molecule has 3 amide bonds. The number of hydrogen-bond donors (Lipinski definition) is 2. The molecule has 0 atom stereocenters. The molecule has 2 aromatic rings. The molecule has 0 fully saturated rings. The maximum Gasteiger partial charge on any atom is 0.307 e. The van der Waals surface area contributed by atoms with Crippen LogP contribution in [0.2, 0.25) is 0 Å². The second-order valence-electron chi connectivity index (χ2n) is 6.23. The number of nitrogens with zero attached hydrogens (tertiary/aromatic N) is 1. The van der Waals surface area contributed by atoms with Crippen LogP contribution in [0.25, 0.3) is 0 Å².